The number of hydrogen-bond acceptors (Lipinski definition) is 22. The maximum atomic E-state index is 13.6. The Morgan fingerprint density at radius 2 is 0.932 bits per heavy atom. The Labute approximate surface area is 420 Å². The number of aromatic amines is 2. The van der Waals surface area contributed by atoms with E-state index in [1.807, 2.05) is 9.97 Å². The van der Waals surface area contributed by atoms with Crippen LogP contribution in [0.25, 0.3) is 0 Å². The van der Waals surface area contributed by atoms with Crippen LogP contribution in [0.5, 0.6) is 11.5 Å². The van der Waals surface area contributed by atoms with Crippen LogP contribution in [0, 0.1) is 0 Å². The Kier molecular flexibility index (Phi) is 18.8. The standard InChI is InChI=1S/2C22H30N3O11P/c2*1-13(2)34-17(27)14(3)24-37(32,36-15-8-6-5-7-9-15)33-12-22(31)18(28)21(4,30)19(35-22)25-11-10-16(26)23-20(25)29/h2*5-11,13-14,18-19,28,30-31H,12H2,1-4H3,(H,24,32)(H,23,26,29)/t14?,18-,19+,21+,22+,37+;14?,18-,19+,21+,22+,37-/m00/s1. The van der Waals surface area contributed by atoms with Gasteiger partial charge in [0.15, 0.2) is 12.5 Å². The molecular weight excluding hydrogens is 1030 g/mol. The molecule has 4 aromatic rings. The molecule has 28 nitrogen and oxygen atoms in total. The van der Waals surface area contributed by atoms with Gasteiger partial charge in [0.05, 0.1) is 12.2 Å². The van der Waals surface area contributed by atoms with Crippen molar-refractivity contribution in [1.29, 1.82) is 0 Å². The lowest BCUT2D eigenvalue weighted by Gasteiger charge is -2.30. The van der Waals surface area contributed by atoms with Crippen molar-refractivity contribution in [3.05, 3.63) is 127 Å². The second-order valence-corrected chi connectivity index (χ2v) is 21.3. The number of carbonyl (C=O) groups excluding carboxylic acids is 2. The van der Waals surface area contributed by atoms with E-state index in [9.17, 15) is 68.5 Å². The number of carbonyl (C=O) groups is 2. The van der Waals surface area contributed by atoms with E-state index in [2.05, 4.69) is 10.2 Å². The number of esters is 2. The number of aliphatic hydroxyl groups is 6. The first kappa shape index (κ1) is 59.2. The minimum absolute atomic E-state index is 0.0901. The van der Waals surface area contributed by atoms with Crippen LogP contribution >= 0.6 is 15.5 Å². The quantitative estimate of drug-likeness (QED) is 0.0411. The Hall–Kier alpha value is -5.68. The molecule has 12 atom stereocenters. The third-order valence-corrected chi connectivity index (χ3v) is 14.0. The van der Waals surface area contributed by atoms with E-state index >= 15 is 0 Å². The van der Waals surface area contributed by atoms with E-state index in [0.717, 1.165) is 47.5 Å². The number of hydrogen-bond donors (Lipinski definition) is 10. The molecular formula is C44H60N6O22P2. The zero-order valence-corrected chi connectivity index (χ0v) is 42.9. The molecule has 2 aromatic carbocycles. The molecule has 2 fully saturated rings. The molecule has 2 saturated heterocycles. The average molecular weight is 1090 g/mol. The van der Waals surface area contributed by atoms with Crippen molar-refractivity contribution in [3.63, 3.8) is 0 Å². The molecule has 0 saturated carbocycles. The molecule has 0 spiro atoms. The third-order valence-electron chi connectivity index (χ3n) is 10.7. The number of para-hydroxylation sites is 2. The zero-order valence-electron chi connectivity index (χ0n) is 41.1. The van der Waals surface area contributed by atoms with E-state index in [4.69, 9.17) is 37.0 Å². The number of H-pyrrole nitrogens is 2. The number of aliphatic hydroxyl groups excluding tert-OH is 2. The lowest BCUT2D eigenvalue weighted by atomic mass is 9.94. The molecule has 2 unspecified atom stereocenters. The summed E-state index contributed by atoms with van der Waals surface area (Å²) < 4.78 is 71.4. The highest BCUT2D eigenvalue weighted by Crippen LogP contribution is 2.51. The molecule has 408 valence electrons. The van der Waals surface area contributed by atoms with Gasteiger partial charge >= 0.3 is 38.8 Å². The average Bonchev–Trinajstić information content (AvgIpc) is 3.60. The number of ether oxygens (including phenoxy) is 4. The smallest absolute Gasteiger partial charge is 0.459 e. The van der Waals surface area contributed by atoms with Crippen LogP contribution in [0.2, 0.25) is 0 Å². The van der Waals surface area contributed by atoms with E-state index in [-0.39, 0.29) is 11.5 Å². The van der Waals surface area contributed by atoms with E-state index in [0.29, 0.717) is 0 Å². The van der Waals surface area contributed by atoms with Crippen LogP contribution in [-0.4, -0.2) is 134 Å². The fourth-order valence-electron chi connectivity index (χ4n) is 7.09. The van der Waals surface area contributed by atoms with Crippen LogP contribution < -0.4 is 41.7 Å². The molecule has 2 aliphatic heterocycles. The summed E-state index contributed by atoms with van der Waals surface area (Å²) >= 11 is 0. The van der Waals surface area contributed by atoms with Gasteiger partial charge in [0.1, 0.15) is 60.2 Å². The molecule has 6 rings (SSSR count). The fourth-order valence-corrected chi connectivity index (χ4v) is 10.1. The van der Waals surface area contributed by atoms with Crippen LogP contribution in [0.4, 0.5) is 0 Å². The Morgan fingerprint density at radius 3 is 1.23 bits per heavy atom. The minimum Gasteiger partial charge on any atom is -0.462 e. The van der Waals surface area contributed by atoms with Gasteiger partial charge in [0.2, 0.25) is 11.6 Å². The number of rotatable bonds is 20. The van der Waals surface area contributed by atoms with Crippen LogP contribution in [0.15, 0.2) is 104 Å². The summed E-state index contributed by atoms with van der Waals surface area (Å²) in [6, 6.07) is 15.2. The van der Waals surface area contributed by atoms with Crippen LogP contribution in [0.3, 0.4) is 0 Å². The molecule has 0 amide bonds. The molecule has 0 bridgehead atoms. The van der Waals surface area contributed by atoms with Crippen molar-refractivity contribution >= 4 is 27.4 Å². The molecule has 2 aromatic heterocycles. The SMILES string of the molecule is CC(C)OC(=O)C(C)N[P@@](=O)(OC[C@@]1(O)O[C@@H](n2ccc(=O)[nH]c2=O)[C@](C)(O)[C@@H]1O)Oc1ccccc1.CC(C)OC(=O)C(C)N[P@](=O)(OC[C@@]1(O)O[C@@H](n2ccc(=O)[nH]c2=O)[C@](C)(O)[C@@H]1O)Oc1ccccc1. The molecule has 4 heterocycles. The first-order valence-corrected chi connectivity index (χ1v) is 25.6. The number of aromatic nitrogens is 4. The van der Waals surface area contributed by atoms with Gasteiger partial charge in [-0.15, -0.1) is 0 Å². The van der Waals surface area contributed by atoms with E-state index in [1.54, 1.807) is 64.1 Å². The minimum atomic E-state index is -4.47. The van der Waals surface area contributed by atoms with Crippen LogP contribution in [-0.2, 0) is 46.7 Å². The monoisotopic (exact) mass is 1090 g/mol. The first-order chi connectivity index (χ1) is 34.3. The normalized spacial score (nSPS) is 28.0. The summed E-state index contributed by atoms with van der Waals surface area (Å²) in [5.74, 6) is -6.75. The van der Waals surface area contributed by atoms with Gasteiger partial charge in [-0.3, -0.25) is 47.3 Å². The second kappa shape index (κ2) is 23.5. The number of nitrogens with one attached hydrogen (secondary N) is 4. The van der Waals surface area contributed by atoms with Gasteiger partial charge in [-0.2, -0.15) is 10.2 Å². The zero-order chi connectivity index (χ0) is 55.2. The lowest BCUT2D eigenvalue weighted by molar-refractivity contribution is -0.251. The second-order valence-electron chi connectivity index (χ2n) is 17.9. The van der Waals surface area contributed by atoms with Crippen molar-refractivity contribution in [1.82, 2.24) is 29.3 Å². The van der Waals surface area contributed by atoms with Crippen LogP contribution in [0.1, 0.15) is 67.8 Å². The Morgan fingerprint density at radius 1 is 0.608 bits per heavy atom. The summed E-state index contributed by atoms with van der Waals surface area (Å²) in [5, 5.41) is 70.0. The van der Waals surface area contributed by atoms with Gasteiger partial charge in [-0.1, -0.05) is 36.4 Å². The first-order valence-electron chi connectivity index (χ1n) is 22.5. The predicted octanol–water partition coefficient (Wildman–Crippen LogP) is -0.00140. The maximum Gasteiger partial charge on any atom is 0.459 e. The van der Waals surface area contributed by atoms with Crippen molar-refractivity contribution in [2.45, 2.75) is 127 Å². The third kappa shape index (κ3) is 14.4. The summed E-state index contributed by atoms with van der Waals surface area (Å²) in [4.78, 5) is 75.7. The van der Waals surface area contributed by atoms with Crippen molar-refractivity contribution in [2.24, 2.45) is 0 Å². The van der Waals surface area contributed by atoms with Gasteiger partial charge in [-0.25, -0.2) is 18.7 Å². The summed E-state index contributed by atoms with van der Waals surface area (Å²) in [7, 11) is -8.93. The molecule has 74 heavy (non-hydrogen) atoms. The van der Waals surface area contributed by atoms with Gasteiger partial charge < -0.3 is 58.6 Å². The largest absolute Gasteiger partial charge is 0.462 e. The molecule has 0 radical (unpaired) electrons. The summed E-state index contributed by atoms with van der Waals surface area (Å²) in [6.45, 7) is 9.32. The van der Waals surface area contributed by atoms with Crippen molar-refractivity contribution in [3.8, 4) is 11.5 Å². The molecule has 0 aliphatic carbocycles. The summed E-state index contributed by atoms with van der Waals surface area (Å²) in [5.41, 5.74) is -7.93. The highest BCUT2D eigenvalue weighted by atomic mass is 31.2. The fraction of sp³-hybridized carbons (Fsp3) is 0.500. The predicted molar refractivity (Wildman–Crippen MR) is 255 cm³/mol. The lowest BCUT2D eigenvalue weighted by Crippen LogP contribution is -2.52. The Balaban J connectivity index is 0.000000274. The van der Waals surface area contributed by atoms with Gasteiger partial charge in [-0.05, 0) is 79.7 Å². The topological polar surface area (TPSA) is 397 Å². The molecule has 2 aliphatic rings. The molecule has 30 heteroatoms. The highest BCUT2D eigenvalue weighted by molar-refractivity contribution is 7.52. The highest BCUT2D eigenvalue weighted by Gasteiger charge is 2.64. The van der Waals surface area contributed by atoms with E-state index < -0.39 is 135 Å². The summed E-state index contributed by atoms with van der Waals surface area (Å²) in [6.07, 6.45) is -6.42. The number of nitrogens with zero attached hydrogens (tertiary/aromatic N) is 2. The van der Waals surface area contributed by atoms with E-state index in [1.165, 1.54) is 38.1 Å². The molecule has 10 N–H and O–H groups in total. The van der Waals surface area contributed by atoms with Crippen molar-refractivity contribution < 1.29 is 86.4 Å². The number of benzene rings is 2. The van der Waals surface area contributed by atoms with Gasteiger partial charge in [0, 0.05) is 24.5 Å². The van der Waals surface area contributed by atoms with Crippen molar-refractivity contribution in [2.75, 3.05) is 13.2 Å². The van der Waals surface area contributed by atoms with Gasteiger partial charge in [0.25, 0.3) is 11.1 Å². The maximum absolute atomic E-state index is 13.6. The Bertz CT molecular complexity index is 2720.